The van der Waals surface area contributed by atoms with E-state index in [4.69, 9.17) is 4.42 Å². The molecule has 0 fully saturated rings. The predicted molar refractivity (Wildman–Crippen MR) is 192 cm³/mol. The van der Waals surface area contributed by atoms with E-state index in [0.29, 0.717) is 0 Å². The van der Waals surface area contributed by atoms with Gasteiger partial charge in [-0.1, -0.05) is 109 Å². The summed E-state index contributed by atoms with van der Waals surface area (Å²) in [6.07, 6.45) is 0. The summed E-state index contributed by atoms with van der Waals surface area (Å²) in [7, 11) is 0. The molecule has 210 valence electrons. The SMILES string of the molecule is c1ccc(-n2c3ccccc3c3sc4cccc(-c5ccccc5-c5ccc6c(c5)oc5ccc7ccccc7c56)c4c32)cc1. The summed E-state index contributed by atoms with van der Waals surface area (Å²) in [6.45, 7) is 0. The number of furan rings is 1. The smallest absolute Gasteiger partial charge is 0.136 e. The van der Waals surface area contributed by atoms with Crippen LogP contribution in [-0.4, -0.2) is 4.57 Å². The van der Waals surface area contributed by atoms with Crippen molar-refractivity contribution in [3.05, 3.63) is 152 Å². The zero-order valence-corrected chi connectivity index (χ0v) is 25.0. The highest BCUT2D eigenvalue weighted by molar-refractivity contribution is 7.26. The number of fused-ring (bicyclic) bond motifs is 10. The first-order valence-electron chi connectivity index (χ1n) is 15.3. The molecule has 0 spiro atoms. The Morgan fingerprint density at radius 1 is 0.489 bits per heavy atom. The van der Waals surface area contributed by atoms with Crippen molar-refractivity contribution < 1.29 is 4.42 Å². The molecule has 2 nitrogen and oxygen atoms in total. The Morgan fingerprint density at radius 2 is 1.24 bits per heavy atom. The lowest BCUT2D eigenvalue weighted by atomic mass is 9.92. The number of hydrogen-bond donors (Lipinski definition) is 0. The third-order valence-electron chi connectivity index (χ3n) is 9.21. The average Bonchev–Trinajstić information content (AvgIpc) is 3.77. The fraction of sp³-hybridized carbons (Fsp3) is 0. The molecule has 0 amide bonds. The summed E-state index contributed by atoms with van der Waals surface area (Å²) in [5.74, 6) is 0. The van der Waals surface area contributed by atoms with Gasteiger partial charge in [-0.15, -0.1) is 11.3 Å². The monoisotopic (exact) mass is 591 g/mol. The van der Waals surface area contributed by atoms with Crippen LogP contribution in [0.2, 0.25) is 0 Å². The maximum Gasteiger partial charge on any atom is 0.136 e. The van der Waals surface area contributed by atoms with Crippen LogP contribution in [0.15, 0.2) is 156 Å². The zero-order valence-electron chi connectivity index (χ0n) is 24.2. The van der Waals surface area contributed by atoms with Crippen molar-refractivity contribution in [3.63, 3.8) is 0 Å². The summed E-state index contributed by atoms with van der Waals surface area (Å²) in [6, 6.07) is 54.6. The summed E-state index contributed by atoms with van der Waals surface area (Å²) < 4.78 is 11.5. The van der Waals surface area contributed by atoms with E-state index in [1.54, 1.807) is 0 Å². The molecule has 0 N–H and O–H groups in total. The van der Waals surface area contributed by atoms with Crippen LogP contribution in [0, 0.1) is 0 Å². The van der Waals surface area contributed by atoms with Crippen LogP contribution < -0.4 is 0 Å². The molecule has 10 aromatic rings. The van der Waals surface area contributed by atoms with E-state index in [9.17, 15) is 0 Å². The Hall–Kier alpha value is -5.64. The minimum absolute atomic E-state index is 0.911. The van der Waals surface area contributed by atoms with Crippen molar-refractivity contribution in [2.75, 3.05) is 0 Å². The lowest BCUT2D eigenvalue weighted by molar-refractivity contribution is 0.669. The highest BCUT2D eigenvalue weighted by Gasteiger charge is 2.21. The van der Waals surface area contributed by atoms with E-state index < -0.39 is 0 Å². The van der Waals surface area contributed by atoms with Crippen molar-refractivity contribution in [1.82, 2.24) is 4.57 Å². The highest BCUT2D eigenvalue weighted by atomic mass is 32.1. The molecular formula is C42H25NOS. The molecule has 0 radical (unpaired) electrons. The van der Waals surface area contributed by atoms with Crippen molar-refractivity contribution in [1.29, 1.82) is 0 Å². The molecule has 10 rings (SSSR count). The van der Waals surface area contributed by atoms with E-state index in [-0.39, 0.29) is 0 Å². The van der Waals surface area contributed by atoms with Gasteiger partial charge in [0.25, 0.3) is 0 Å². The van der Waals surface area contributed by atoms with Crippen LogP contribution in [-0.2, 0) is 0 Å². The maximum atomic E-state index is 6.48. The maximum absolute atomic E-state index is 6.48. The standard InChI is InChI=1S/C42H25NOS/c1-2-12-28(13-3-1)43-35-19-9-8-17-33(35)42-41(43)40-32(18-10-20-38(40)45-42)31-16-7-6-14-29(31)27-21-23-34-37(25-27)44-36-24-22-26-11-4-5-15-30(26)39(34)36/h1-25H. The van der Waals surface area contributed by atoms with Crippen LogP contribution in [0.3, 0.4) is 0 Å². The minimum Gasteiger partial charge on any atom is -0.456 e. The molecule has 0 bridgehead atoms. The van der Waals surface area contributed by atoms with E-state index >= 15 is 0 Å². The molecule has 3 heterocycles. The van der Waals surface area contributed by atoms with Crippen molar-refractivity contribution in [2.24, 2.45) is 0 Å². The fourth-order valence-electron chi connectivity index (χ4n) is 7.26. The van der Waals surface area contributed by atoms with Crippen LogP contribution >= 0.6 is 11.3 Å². The normalized spacial score (nSPS) is 12.0. The molecular weight excluding hydrogens is 567 g/mol. The van der Waals surface area contributed by atoms with Gasteiger partial charge in [0.2, 0.25) is 0 Å². The van der Waals surface area contributed by atoms with Gasteiger partial charge < -0.3 is 8.98 Å². The molecule has 0 saturated heterocycles. The minimum atomic E-state index is 0.911. The largest absolute Gasteiger partial charge is 0.456 e. The van der Waals surface area contributed by atoms with Crippen molar-refractivity contribution >= 4 is 75.3 Å². The van der Waals surface area contributed by atoms with Gasteiger partial charge in [0.15, 0.2) is 0 Å². The third-order valence-corrected chi connectivity index (χ3v) is 10.4. The van der Waals surface area contributed by atoms with Gasteiger partial charge in [0.05, 0.1) is 15.7 Å². The molecule has 0 aliphatic heterocycles. The predicted octanol–water partition coefficient (Wildman–Crippen LogP) is 12.4. The average molecular weight is 592 g/mol. The second kappa shape index (κ2) is 9.43. The van der Waals surface area contributed by atoms with Gasteiger partial charge in [0.1, 0.15) is 11.2 Å². The Bertz CT molecular complexity index is 2760. The van der Waals surface area contributed by atoms with Gasteiger partial charge in [-0.3, -0.25) is 0 Å². The lowest BCUT2D eigenvalue weighted by Crippen LogP contribution is -1.94. The first-order chi connectivity index (χ1) is 22.3. The molecule has 45 heavy (non-hydrogen) atoms. The number of benzene rings is 7. The second-order valence-corrected chi connectivity index (χ2v) is 12.7. The van der Waals surface area contributed by atoms with Crippen LogP contribution in [0.4, 0.5) is 0 Å². The van der Waals surface area contributed by atoms with Crippen molar-refractivity contribution in [3.8, 4) is 27.9 Å². The number of rotatable bonds is 3. The molecule has 3 heteroatoms. The van der Waals surface area contributed by atoms with Gasteiger partial charge in [-0.2, -0.15) is 0 Å². The number of thiophene rings is 1. The van der Waals surface area contributed by atoms with Crippen LogP contribution in [0.1, 0.15) is 0 Å². The molecule has 0 atom stereocenters. The fourth-order valence-corrected chi connectivity index (χ4v) is 8.51. The molecule has 0 saturated carbocycles. The van der Waals surface area contributed by atoms with Gasteiger partial charge in [-0.05, 0) is 75.5 Å². The Labute approximate surface area is 263 Å². The molecule has 0 aliphatic carbocycles. The summed E-state index contributed by atoms with van der Waals surface area (Å²) in [4.78, 5) is 0. The van der Waals surface area contributed by atoms with Gasteiger partial charge >= 0.3 is 0 Å². The van der Waals surface area contributed by atoms with E-state index in [2.05, 4.69) is 156 Å². The highest BCUT2D eigenvalue weighted by Crippen LogP contribution is 2.47. The first kappa shape index (κ1) is 24.8. The van der Waals surface area contributed by atoms with Crippen LogP contribution in [0.5, 0.6) is 0 Å². The molecule has 7 aromatic carbocycles. The Balaban J connectivity index is 1.24. The van der Waals surface area contributed by atoms with E-state index in [1.807, 2.05) is 11.3 Å². The second-order valence-electron chi connectivity index (χ2n) is 11.7. The molecule has 0 unspecified atom stereocenters. The summed E-state index contributed by atoms with van der Waals surface area (Å²) >= 11 is 1.89. The van der Waals surface area contributed by atoms with E-state index in [1.165, 1.54) is 69.7 Å². The topological polar surface area (TPSA) is 18.1 Å². The number of hydrogen-bond acceptors (Lipinski definition) is 2. The zero-order chi connectivity index (χ0) is 29.5. The molecule has 0 aliphatic rings. The summed E-state index contributed by atoms with van der Waals surface area (Å²) in [5.41, 5.74) is 10.3. The Morgan fingerprint density at radius 3 is 2.16 bits per heavy atom. The third kappa shape index (κ3) is 3.56. The number of para-hydroxylation sites is 2. The van der Waals surface area contributed by atoms with Crippen LogP contribution in [0.25, 0.3) is 91.9 Å². The van der Waals surface area contributed by atoms with Crippen molar-refractivity contribution in [2.45, 2.75) is 0 Å². The summed E-state index contributed by atoms with van der Waals surface area (Å²) in [5, 5.41) is 7.37. The lowest BCUT2D eigenvalue weighted by Gasteiger charge is -2.13. The number of nitrogens with zero attached hydrogens (tertiary/aromatic N) is 1. The number of aromatic nitrogens is 1. The molecule has 3 aromatic heterocycles. The van der Waals surface area contributed by atoms with Gasteiger partial charge in [-0.25, -0.2) is 0 Å². The van der Waals surface area contributed by atoms with E-state index in [0.717, 1.165) is 22.1 Å². The van der Waals surface area contributed by atoms with Gasteiger partial charge in [0, 0.05) is 31.9 Å². The Kier molecular flexibility index (Phi) is 5.19. The first-order valence-corrected chi connectivity index (χ1v) is 16.1. The quantitative estimate of drug-likeness (QED) is 0.200.